The van der Waals surface area contributed by atoms with E-state index in [1.807, 2.05) is 33.2 Å². The Morgan fingerprint density at radius 1 is 0.854 bits per heavy atom. The molecule has 1 spiro atoms. The zero-order chi connectivity index (χ0) is 33.2. The van der Waals surface area contributed by atoms with Gasteiger partial charge >= 0.3 is 6.09 Å². The standard InChI is InChI=1S/C39H45F2N5O2/c1-38(2,3)48-37(47)46-22-27(41)19-33(46)36-43-21-32(45-36)29-13-12-28(34-30(29)14-17-39(34)15-4-5-16-39)23-6-8-24(9-7-23)31-20-42-35(44-31)25-10-11-26(40)18-25/h6-9,12-13,20-21,25-27,33H,4-5,10-11,14-19,22H2,1-3H3,(H,42,44)(H,43,45)/t25-,26+,27-,33-/m0/s1. The molecule has 1 amide bonds. The molecule has 0 bridgehead atoms. The van der Waals surface area contributed by atoms with E-state index in [4.69, 9.17) is 9.72 Å². The van der Waals surface area contributed by atoms with Gasteiger partial charge in [0.2, 0.25) is 0 Å². The van der Waals surface area contributed by atoms with Crippen LogP contribution in [0.25, 0.3) is 33.6 Å². The number of halogens is 2. The molecule has 0 radical (unpaired) electrons. The van der Waals surface area contributed by atoms with E-state index in [-0.39, 0.29) is 24.3 Å². The van der Waals surface area contributed by atoms with Crippen molar-refractivity contribution in [3.63, 3.8) is 0 Å². The molecule has 1 aliphatic heterocycles. The summed E-state index contributed by atoms with van der Waals surface area (Å²) in [5, 5.41) is 0. The normalized spacial score (nSPS) is 24.9. The topological polar surface area (TPSA) is 86.9 Å². The summed E-state index contributed by atoms with van der Waals surface area (Å²) >= 11 is 0. The van der Waals surface area contributed by atoms with Gasteiger partial charge in [0.1, 0.15) is 29.6 Å². The van der Waals surface area contributed by atoms with Gasteiger partial charge in [0.05, 0.1) is 36.4 Å². The molecule has 2 aromatic carbocycles. The average Bonchev–Trinajstić information content (AvgIpc) is 3.90. The number of aromatic nitrogens is 4. The molecular formula is C39H45F2N5O2. The fourth-order valence-corrected chi connectivity index (χ4v) is 8.95. The van der Waals surface area contributed by atoms with E-state index >= 15 is 0 Å². The number of likely N-dealkylation sites (tertiary alicyclic amines) is 1. The Balaban J connectivity index is 1.10. The van der Waals surface area contributed by atoms with E-state index in [1.54, 1.807) is 0 Å². The van der Waals surface area contributed by atoms with Crippen molar-refractivity contribution in [3.05, 3.63) is 71.6 Å². The Morgan fingerprint density at radius 2 is 1.54 bits per heavy atom. The number of imidazole rings is 2. The molecule has 8 rings (SSSR count). The number of hydrogen-bond donors (Lipinski definition) is 2. The van der Waals surface area contributed by atoms with Gasteiger partial charge in [0, 0.05) is 17.9 Å². The first-order chi connectivity index (χ1) is 23.1. The van der Waals surface area contributed by atoms with Crippen molar-refractivity contribution in [1.29, 1.82) is 0 Å². The Hall–Kier alpha value is -4.01. The number of rotatable bonds is 5. The third kappa shape index (κ3) is 5.63. The van der Waals surface area contributed by atoms with Crippen molar-refractivity contribution in [2.75, 3.05) is 6.54 Å². The fourth-order valence-electron chi connectivity index (χ4n) is 8.95. The Morgan fingerprint density at radius 3 is 2.27 bits per heavy atom. The number of benzene rings is 2. The molecule has 4 aliphatic rings. The number of aromatic amines is 2. The van der Waals surface area contributed by atoms with E-state index in [0.717, 1.165) is 47.6 Å². The summed E-state index contributed by atoms with van der Waals surface area (Å²) in [6, 6.07) is 12.7. The van der Waals surface area contributed by atoms with E-state index < -0.39 is 30.1 Å². The van der Waals surface area contributed by atoms with Crippen LogP contribution in [-0.4, -0.2) is 55.4 Å². The molecule has 48 heavy (non-hydrogen) atoms. The van der Waals surface area contributed by atoms with Gasteiger partial charge in [0.25, 0.3) is 0 Å². The number of nitrogens with zero attached hydrogens (tertiary/aromatic N) is 3. The molecule has 9 heteroatoms. The number of hydrogen-bond acceptors (Lipinski definition) is 4. The minimum absolute atomic E-state index is 0.00261. The van der Waals surface area contributed by atoms with Gasteiger partial charge in [-0.25, -0.2) is 23.5 Å². The Bertz CT molecular complexity index is 1820. The van der Waals surface area contributed by atoms with Gasteiger partial charge in [0.15, 0.2) is 0 Å². The zero-order valence-corrected chi connectivity index (χ0v) is 28.1. The molecular weight excluding hydrogens is 608 g/mol. The number of amides is 1. The summed E-state index contributed by atoms with van der Waals surface area (Å²) in [6.07, 6.45) is 10.6. The molecule has 3 fully saturated rings. The van der Waals surface area contributed by atoms with Crippen molar-refractivity contribution in [1.82, 2.24) is 24.8 Å². The first-order valence-electron chi connectivity index (χ1n) is 17.7. The molecule has 2 saturated carbocycles. The van der Waals surface area contributed by atoms with Crippen LogP contribution in [0.1, 0.15) is 113 Å². The second-order valence-corrected chi connectivity index (χ2v) is 15.5. The molecule has 3 aliphatic carbocycles. The monoisotopic (exact) mass is 653 g/mol. The highest BCUT2D eigenvalue weighted by Crippen LogP contribution is 2.55. The first kappa shape index (κ1) is 31.3. The molecule has 4 atom stereocenters. The van der Waals surface area contributed by atoms with Crippen LogP contribution in [0, 0.1) is 0 Å². The summed E-state index contributed by atoms with van der Waals surface area (Å²) in [6.45, 7) is 5.46. The first-order valence-corrected chi connectivity index (χ1v) is 17.7. The SMILES string of the molecule is CC(C)(C)OC(=O)N1C[C@@H](F)C[C@H]1c1ncc(-c2ccc(-c3ccc(-c4cnc([C@H]5CC[C@@H](F)C5)[nH]4)cc3)c3c2CCC32CCCC2)[nH]1. The highest BCUT2D eigenvalue weighted by Gasteiger charge is 2.44. The van der Waals surface area contributed by atoms with Gasteiger partial charge < -0.3 is 14.7 Å². The van der Waals surface area contributed by atoms with Crippen LogP contribution in [0.4, 0.5) is 13.6 Å². The lowest BCUT2D eigenvalue weighted by Crippen LogP contribution is -2.37. The minimum atomic E-state index is -1.13. The third-order valence-corrected chi connectivity index (χ3v) is 11.2. The second-order valence-electron chi connectivity index (χ2n) is 15.5. The lowest BCUT2D eigenvalue weighted by Gasteiger charge is -2.28. The summed E-state index contributed by atoms with van der Waals surface area (Å²) < 4.78 is 34.1. The van der Waals surface area contributed by atoms with Gasteiger partial charge in [-0.05, 0) is 98.9 Å². The maximum atomic E-state index is 14.7. The minimum Gasteiger partial charge on any atom is -0.444 e. The zero-order valence-electron chi connectivity index (χ0n) is 28.1. The van der Waals surface area contributed by atoms with Crippen molar-refractivity contribution >= 4 is 6.09 Å². The number of alkyl halides is 2. The molecule has 2 N–H and O–H groups in total. The summed E-state index contributed by atoms with van der Waals surface area (Å²) in [5.41, 5.74) is 8.91. The number of nitrogens with one attached hydrogen (secondary N) is 2. The molecule has 0 unspecified atom stereocenters. The Kier molecular flexibility index (Phi) is 7.72. The number of ether oxygens (including phenoxy) is 1. The maximum absolute atomic E-state index is 14.7. The van der Waals surface area contributed by atoms with Gasteiger partial charge in [-0.2, -0.15) is 0 Å². The van der Waals surface area contributed by atoms with Crippen molar-refractivity contribution < 1.29 is 18.3 Å². The molecule has 7 nitrogen and oxygen atoms in total. The summed E-state index contributed by atoms with van der Waals surface area (Å²) in [7, 11) is 0. The van der Waals surface area contributed by atoms with Crippen LogP contribution in [0.5, 0.6) is 0 Å². The van der Waals surface area contributed by atoms with Crippen molar-refractivity contribution in [2.45, 2.75) is 120 Å². The smallest absolute Gasteiger partial charge is 0.411 e. The van der Waals surface area contributed by atoms with Crippen LogP contribution in [-0.2, 0) is 16.6 Å². The highest BCUT2D eigenvalue weighted by molar-refractivity contribution is 5.80. The number of fused-ring (bicyclic) bond motifs is 2. The molecule has 4 aromatic rings. The van der Waals surface area contributed by atoms with E-state index in [1.165, 1.54) is 52.8 Å². The fraction of sp³-hybridized carbons (Fsp3) is 0.513. The second kappa shape index (κ2) is 11.8. The number of H-pyrrole nitrogens is 2. The van der Waals surface area contributed by atoms with Gasteiger partial charge in [-0.3, -0.25) is 4.90 Å². The summed E-state index contributed by atoms with van der Waals surface area (Å²) in [4.78, 5) is 30.7. The molecule has 2 aromatic heterocycles. The highest BCUT2D eigenvalue weighted by atomic mass is 19.1. The maximum Gasteiger partial charge on any atom is 0.411 e. The number of carbonyl (C=O) groups is 1. The Labute approximate surface area is 280 Å². The van der Waals surface area contributed by atoms with Crippen molar-refractivity contribution in [2.24, 2.45) is 0 Å². The molecule has 252 valence electrons. The van der Waals surface area contributed by atoms with Gasteiger partial charge in [-0.15, -0.1) is 0 Å². The van der Waals surface area contributed by atoms with E-state index in [9.17, 15) is 13.6 Å². The molecule has 1 saturated heterocycles. The quantitative estimate of drug-likeness (QED) is 0.225. The average molecular weight is 654 g/mol. The van der Waals surface area contributed by atoms with Crippen LogP contribution >= 0.6 is 0 Å². The van der Waals surface area contributed by atoms with Crippen LogP contribution in [0.2, 0.25) is 0 Å². The largest absolute Gasteiger partial charge is 0.444 e. The van der Waals surface area contributed by atoms with Crippen LogP contribution in [0.3, 0.4) is 0 Å². The summed E-state index contributed by atoms with van der Waals surface area (Å²) in [5.74, 6) is 1.66. The lowest BCUT2D eigenvalue weighted by molar-refractivity contribution is 0.0211. The van der Waals surface area contributed by atoms with Crippen LogP contribution in [0.15, 0.2) is 48.8 Å². The lowest BCUT2D eigenvalue weighted by atomic mass is 9.76. The predicted octanol–water partition coefficient (Wildman–Crippen LogP) is 9.52. The van der Waals surface area contributed by atoms with Crippen LogP contribution < -0.4 is 0 Å². The predicted molar refractivity (Wildman–Crippen MR) is 182 cm³/mol. The van der Waals surface area contributed by atoms with Gasteiger partial charge in [-0.1, -0.05) is 49.2 Å². The van der Waals surface area contributed by atoms with E-state index in [0.29, 0.717) is 18.7 Å². The number of carbonyl (C=O) groups excluding carboxylic acids is 1. The van der Waals surface area contributed by atoms with E-state index in [2.05, 4.69) is 51.4 Å². The molecule has 3 heterocycles. The van der Waals surface area contributed by atoms with Crippen molar-refractivity contribution in [3.8, 4) is 33.6 Å². The third-order valence-electron chi connectivity index (χ3n) is 11.2.